The molecule has 1 N–H and O–H groups in total. The molecule has 0 atom stereocenters. The minimum absolute atomic E-state index is 0.206. The van der Waals surface area contributed by atoms with E-state index in [1.165, 1.54) is 6.92 Å². The number of hydrogen-bond acceptors (Lipinski definition) is 1. The van der Waals surface area contributed by atoms with Crippen molar-refractivity contribution in [2.75, 3.05) is 0 Å². The van der Waals surface area contributed by atoms with E-state index in [1.54, 1.807) is 6.08 Å². The van der Waals surface area contributed by atoms with Crippen molar-refractivity contribution >= 4 is 22.8 Å². The minimum atomic E-state index is -0.943. The van der Waals surface area contributed by atoms with Crippen molar-refractivity contribution < 1.29 is 9.90 Å². The number of hydrogen-bond donors (Lipinski definition) is 1. The quantitative estimate of drug-likeness (QED) is 0.626. The van der Waals surface area contributed by atoms with Gasteiger partial charge in [-0.05, 0) is 29.3 Å². The standard InChI is InChI=1S/C15H12O2/c1-11(15(16)17)9-10-13-7-4-6-12-5-2-3-8-14(12)13/h2-8,10H,1H3,(H,16,17). The van der Waals surface area contributed by atoms with Crippen LogP contribution in [0.15, 0.2) is 53.8 Å². The average molecular weight is 224 g/mol. The van der Waals surface area contributed by atoms with Crippen LogP contribution in [-0.2, 0) is 4.79 Å². The highest BCUT2D eigenvalue weighted by Gasteiger charge is 1.98. The third kappa shape index (κ3) is 2.44. The number of carboxylic acid groups (broad SMARTS) is 1. The van der Waals surface area contributed by atoms with Gasteiger partial charge in [0, 0.05) is 0 Å². The van der Waals surface area contributed by atoms with Crippen LogP contribution in [0.4, 0.5) is 0 Å². The second kappa shape index (κ2) is 4.69. The fraction of sp³-hybridized carbons (Fsp3) is 0.0667. The van der Waals surface area contributed by atoms with Crippen LogP contribution in [0.3, 0.4) is 0 Å². The molecule has 0 fully saturated rings. The van der Waals surface area contributed by atoms with Gasteiger partial charge in [0.05, 0.1) is 5.57 Å². The summed E-state index contributed by atoms with van der Waals surface area (Å²) in [7, 11) is 0. The zero-order valence-corrected chi connectivity index (χ0v) is 9.47. The predicted molar refractivity (Wildman–Crippen MR) is 68.7 cm³/mol. The Hall–Kier alpha value is -2.31. The van der Waals surface area contributed by atoms with Crippen LogP contribution < -0.4 is 0 Å². The van der Waals surface area contributed by atoms with Crippen LogP contribution in [-0.4, -0.2) is 11.1 Å². The summed E-state index contributed by atoms with van der Waals surface area (Å²) in [5.74, 6) is -0.943. The second-order valence-electron chi connectivity index (χ2n) is 3.79. The largest absolute Gasteiger partial charge is 0.477 e. The lowest BCUT2D eigenvalue weighted by Crippen LogP contribution is -1.93. The summed E-state index contributed by atoms with van der Waals surface area (Å²) in [5.41, 5.74) is 3.96. The molecule has 2 aromatic carbocycles. The van der Waals surface area contributed by atoms with E-state index in [0.29, 0.717) is 0 Å². The van der Waals surface area contributed by atoms with E-state index in [0.717, 1.165) is 16.3 Å². The molecule has 0 saturated carbocycles. The Morgan fingerprint density at radius 1 is 1.18 bits per heavy atom. The van der Waals surface area contributed by atoms with Gasteiger partial charge >= 0.3 is 5.97 Å². The predicted octanol–water partition coefficient (Wildman–Crippen LogP) is 3.48. The Labute approximate surface area is 99.5 Å². The lowest BCUT2D eigenvalue weighted by molar-refractivity contribution is -0.132. The molecule has 84 valence electrons. The van der Waals surface area contributed by atoms with Crippen molar-refractivity contribution in [2.45, 2.75) is 6.92 Å². The normalized spacial score (nSPS) is 9.71. The molecule has 0 aliphatic rings. The lowest BCUT2D eigenvalue weighted by Gasteiger charge is -2.00. The topological polar surface area (TPSA) is 37.3 Å². The summed E-state index contributed by atoms with van der Waals surface area (Å²) in [4.78, 5) is 10.7. The summed E-state index contributed by atoms with van der Waals surface area (Å²) in [6.45, 7) is 1.53. The van der Waals surface area contributed by atoms with E-state index in [4.69, 9.17) is 5.11 Å². The molecule has 0 heterocycles. The van der Waals surface area contributed by atoms with Gasteiger partial charge in [-0.3, -0.25) is 0 Å². The summed E-state index contributed by atoms with van der Waals surface area (Å²) in [6.07, 6.45) is 1.71. The van der Waals surface area contributed by atoms with Crippen LogP contribution >= 0.6 is 0 Å². The Morgan fingerprint density at radius 3 is 2.65 bits per heavy atom. The molecule has 0 aromatic heterocycles. The summed E-state index contributed by atoms with van der Waals surface area (Å²) in [6, 6.07) is 13.9. The Balaban J connectivity index is 2.57. The molecular formula is C15H12O2. The number of rotatable bonds is 2. The van der Waals surface area contributed by atoms with Crippen LogP contribution in [0.25, 0.3) is 16.8 Å². The number of fused-ring (bicyclic) bond motifs is 1. The van der Waals surface area contributed by atoms with Crippen LogP contribution in [0.1, 0.15) is 12.5 Å². The molecule has 2 heteroatoms. The monoisotopic (exact) mass is 224 g/mol. The van der Waals surface area contributed by atoms with E-state index in [2.05, 4.69) is 5.73 Å². The fourth-order valence-corrected chi connectivity index (χ4v) is 1.62. The Bertz CT molecular complexity index is 627. The highest BCUT2D eigenvalue weighted by atomic mass is 16.4. The molecule has 0 saturated heterocycles. The minimum Gasteiger partial charge on any atom is -0.477 e. The van der Waals surface area contributed by atoms with Crippen molar-refractivity contribution in [1.29, 1.82) is 0 Å². The average Bonchev–Trinajstić information content (AvgIpc) is 2.35. The first-order valence-corrected chi connectivity index (χ1v) is 5.33. The molecule has 2 rings (SSSR count). The first-order chi connectivity index (χ1) is 8.18. The van der Waals surface area contributed by atoms with Gasteiger partial charge in [-0.1, -0.05) is 42.5 Å². The molecule has 17 heavy (non-hydrogen) atoms. The zero-order valence-electron chi connectivity index (χ0n) is 9.47. The maximum Gasteiger partial charge on any atom is 0.339 e. The van der Waals surface area contributed by atoms with Crippen molar-refractivity contribution in [3.8, 4) is 0 Å². The number of carboxylic acids is 1. The van der Waals surface area contributed by atoms with Gasteiger partial charge in [0.15, 0.2) is 0 Å². The highest BCUT2D eigenvalue weighted by molar-refractivity contribution is 5.91. The smallest absolute Gasteiger partial charge is 0.339 e. The van der Waals surface area contributed by atoms with Gasteiger partial charge in [0.1, 0.15) is 0 Å². The third-order valence-corrected chi connectivity index (χ3v) is 2.59. The van der Waals surface area contributed by atoms with Crippen molar-refractivity contribution in [1.82, 2.24) is 0 Å². The first kappa shape index (κ1) is 11.2. The summed E-state index contributed by atoms with van der Waals surface area (Å²) < 4.78 is 0. The molecule has 0 amide bonds. The van der Waals surface area contributed by atoms with E-state index in [-0.39, 0.29) is 5.57 Å². The van der Waals surface area contributed by atoms with Gasteiger partial charge in [0.2, 0.25) is 0 Å². The Morgan fingerprint density at radius 2 is 1.88 bits per heavy atom. The van der Waals surface area contributed by atoms with Gasteiger partial charge in [-0.25, -0.2) is 4.79 Å². The zero-order chi connectivity index (χ0) is 12.3. The van der Waals surface area contributed by atoms with E-state index >= 15 is 0 Å². The molecule has 2 nitrogen and oxygen atoms in total. The maximum atomic E-state index is 10.7. The molecule has 2 aromatic rings. The third-order valence-electron chi connectivity index (χ3n) is 2.59. The fourth-order valence-electron chi connectivity index (χ4n) is 1.62. The molecule has 0 unspecified atom stereocenters. The van der Waals surface area contributed by atoms with E-state index < -0.39 is 5.97 Å². The van der Waals surface area contributed by atoms with Crippen LogP contribution in [0.2, 0.25) is 0 Å². The van der Waals surface area contributed by atoms with Gasteiger partial charge in [0.25, 0.3) is 0 Å². The molecule has 0 aliphatic carbocycles. The summed E-state index contributed by atoms with van der Waals surface area (Å²) >= 11 is 0. The number of aliphatic carboxylic acids is 1. The van der Waals surface area contributed by atoms with Crippen molar-refractivity contribution in [2.24, 2.45) is 0 Å². The van der Waals surface area contributed by atoms with Crippen LogP contribution in [0, 0.1) is 0 Å². The number of carbonyl (C=O) groups is 1. The Kier molecular flexibility index (Phi) is 3.08. The summed E-state index contributed by atoms with van der Waals surface area (Å²) in [5, 5.41) is 11.0. The maximum absolute atomic E-state index is 10.7. The van der Waals surface area contributed by atoms with E-state index in [1.807, 2.05) is 42.5 Å². The van der Waals surface area contributed by atoms with Crippen molar-refractivity contribution in [3.05, 3.63) is 59.3 Å². The molecule has 0 radical (unpaired) electrons. The van der Waals surface area contributed by atoms with Gasteiger partial charge < -0.3 is 5.11 Å². The van der Waals surface area contributed by atoms with E-state index in [9.17, 15) is 4.79 Å². The SMILES string of the molecule is CC(=C=Cc1cccc2ccccc12)C(=O)O. The first-order valence-electron chi connectivity index (χ1n) is 5.33. The molecule has 0 aliphatic heterocycles. The molecule has 0 bridgehead atoms. The van der Waals surface area contributed by atoms with Gasteiger partial charge in [-0.2, -0.15) is 0 Å². The molecular weight excluding hydrogens is 212 g/mol. The lowest BCUT2D eigenvalue weighted by atomic mass is 10.0. The number of benzene rings is 2. The van der Waals surface area contributed by atoms with Gasteiger partial charge in [-0.15, -0.1) is 5.73 Å². The van der Waals surface area contributed by atoms with Crippen LogP contribution in [0.5, 0.6) is 0 Å². The molecule has 0 spiro atoms. The second-order valence-corrected chi connectivity index (χ2v) is 3.79. The van der Waals surface area contributed by atoms with Crippen molar-refractivity contribution in [3.63, 3.8) is 0 Å². The highest BCUT2D eigenvalue weighted by Crippen LogP contribution is 2.19.